The number of hydrogen-bond donors (Lipinski definition) is 2. The average molecular weight is 399 g/mol. The van der Waals surface area contributed by atoms with Crippen LogP contribution in [-0.4, -0.2) is 50.8 Å². The van der Waals surface area contributed by atoms with E-state index in [2.05, 4.69) is 35.0 Å². The van der Waals surface area contributed by atoms with Crippen LogP contribution in [0.2, 0.25) is 0 Å². The number of anilines is 2. The van der Waals surface area contributed by atoms with Crippen molar-refractivity contribution in [2.75, 3.05) is 30.8 Å². The number of hydrogen-bond acceptors (Lipinski definition) is 6. The quantitative estimate of drug-likeness (QED) is 0.681. The fraction of sp³-hybridized carbons (Fsp3) is 0.550. The average Bonchev–Trinajstić information content (AvgIpc) is 3.40. The first-order valence-electron chi connectivity index (χ1n) is 10.0. The van der Waals surface area contributed by atoms with Crippen molar-refractivity contribution in [1.29, 1.82) is 0 Å². The summed E-state index contributed by atoms with van der Waals surface area (Å²) >= 11 is 0. The molecule has 1 saturated heterocycles. The fourth-order valence-corrected chi connectivity index (χ4v) is 3.99. The molecule has 0 aliphatic carbocycles. The lowest BCUT2D eigenvalue weighted by Crippen LogP contribution is -2.26. The van der Waals surface area contributed by atoms with E-state index in [4.69, 9.17) is 15.6 Å². The number of nitrogen functional groups attached to an aromatic ring is 1. The first-order chi connectivity index (χ1) is 13.8. The maximum absolute atomic E-state index is 13.1. The third kappa shape index (κ3) is 3.19. The third-order valence-corrected chi connectivity index (χ3v) is 6.12. The van der Waals surface area contributed by atoms with Crippen molar-refractivity contribution in [3.05, 3.63) is 22.6 Å². The summed E-state index contributed by atoms with van der Waals surface area (Å²) in [6.45, 7) is 7.99. The highest BCUT2D eigenvalue weighted by Gasteiger charge is 2.26. The molecular weight excluding hydrogens is 370 g/mol. The molecule has 9 nitrogen and oxygen atoms in total. The van der Waals surface area contributed by atoms with Gasteiger partial charge in [-0.3, -0.25) is 14.6 Å². The number of ether oxygens (including phenoxy) is 1. The van der Waals surface area contributed by atoms with E-state index in [9.17, 15) is 4.79 Å². The lowest BCUT2D eigenvalue weighted by Gasteiger charge is -2.20. The Hall–Kier alpha value is -2.81. The molecule has 2 atom stereocenters. The zero-order chi connectivity index (χ0) is 20.9. The Morgan fingerprint density at radius 2 is 2.10 bits per heavy atom. The van der Waals surface area contributed by atoms with Crippen LogP contribution in [0.1, 0.15) is 33.2 Å². The summed E-state index contributed by atoms with van der Waals surface area (Å²) in [5, 5.41) is 12.2. The molecule has 9 heteroatoms. The van der Waals surface area contributed by atoms with Gasteiger partial charge in [-0.05, 0) is 19.3 Å². The van der Waals surface area contributed by atoms with Crippen molar-refractivity contribution < 1.29 is 4.74 Å². The number of aromatic nitrogens is 5. The summed E-state index contributed by atoms with van der Waals surface area (Å²) in [6.07, 6.45) is 3.11. The van der Waals surface area contributed by atoms with E-state index in [1.54, 1.807) is 11.7 Å². The summed E-state index contributed by atoms with van der Waals surface area (Å²) in [5.41, 5.74) is 8.13. The van der Waals surface area contributed by atoms with Gasteiger partial charge >= 0.3 is 0 Å². The summed E-state index contributed by atoms with van der Waals surface area (Å²) < 4.78 is 9.12. The minimum atomic E-state index is -0.130. The molecule has 1 fully saturated rings. The van der Waals surface area contributed by atoms with Gasteiger partial charge in [0, 0.05) is 51.1 Å². The van der Waals surface area contributed by atoms with Crippen molar-refractivity contribution in [3.8, 4) is 11.3 Å². The van der Waals surface area contributed by atoms with Crippen LogP contribution in [0.25, 0.3) is 22.2 Å². The molecule has 3 N–H and O–H groups in total. The molecule has 3 aromatic rings. The van der Waals surface area contributed by atoms with Crippen LogP contribution in [0.4, 0.5) is 11.6 Å². The van der Waals surface area contributed by atoms with Gasteiger partial charge in [-0.25, -0.2) is 0 Å². The van der Waals surface area contributed by atoms with Crippen LogP contribution in [0, 0.1) is 5.92 Å². The van der Waals surface area contributed by atoms with Crippen LogP contribution in [0.5, 0.6) is 0 Å². The number of aryl methyl sites for hydroxylation is 1. The van der Waals surface area contributed by atoms with E-state index < -0.39 is 0 Å². The number of rotatable bonds is 5. The Morgan fingerprint density at radius 3 is 2.76 bits per heavy atom. The van der Waals surface area contributed by atoms with Crippen LogP contribution in [0.15, 0.2) is 17.1 Å². The molecule has 0 bridgehead atoms. The Labute approximate surface area is 169 Å². The van der Waals surface area contributed by atoms with Crippen LogP contribution in [-0.2, 0) is 11.8 Å². The lowest BCUT2D eigenvalue weighted by molar-refractivity contribution is 0.121. The molecule has 1 aliphatic rings. The van der Waals surface area contributed by atoms with Gasteiger partial charge in [0.2, 0.25) is 0 Å². The summed E-state index contributed by atoms with van der Waals surface area (Å²) in [6, 6.07) is 2.07. The van der Waals surface area contributed by atoms with Crippen molar-refractivity contribution >= 4 is 22.5 Å². The fourth-order valence-electron chi connectivity index (χ4n) is 3.99. The summed E-state index contributed by atoms with van der Waals surface area (Å²) in [7, 11) is 3.69. The number of pyridine rings is 1. The number of nitrogens with zero attached hydrogens (tertiary/aromatic N) is 5. The van der Waals surface area contributed by atoms with E-state index in [1.807, 2.05) is 24.9 Å². The summed E-state index contributed by atoms with van der Waals surface area (Å²) in [5.74, 6) is 1.53. The highest BCUT2D eigenvalue weighted by atomic mass is 16.5. The predicted octanol–water partition coefficient (Wildman–Crippen LogP) is 2.15. The zero-order valence-corrected chi connectivity index (χ0v) is 17.6. The van der Waals surface area contributed by atoms with E-state index in [0.717, 1.165) is 36.6 Å². The molecule has 4 rings (SSSR count). The Bertz CT molecular complexity index is 1090. The molecule has 0 unspecified atom stereocenters. The van der Waals surface area contributed by atoms with Crippen LogP contribution >= 0.6 is 0 Å². The SMILES string of the molecule is CO[C@H]1CCN(c2cc(-c3cn([C@@H](C)C(C)C)c(=O)c4c(N)n[nH]c34)nn2C)C1. The number of nitrogens with one attached hydrogen (secondary N) is 1. The number of methoxy groups -OCH3 is 1. The molecule has 0 radical (unpaired) electrons. The summed E-state index contributed by atoms with van der Waals surface area (Å²) in [4.78, 5) is 15.3. The van der Waals surface area contributed by atoms with Crippen molar-refractivity contribution in [3.63, 3.8) is 0 Å². The first kappa shape index (κ1) is 19.5. The minimum Gasteiger partial charge on any atom is -0.382 e. The molecule has 0 spiro atoms. The van der Waals surface area contributed by atoms with Crippen molar-refractivity contribution in [2.45, 2.75) is 39.3 Å². The monoisotopic (exact) mass is 399 g/mol. The van der Waals surface area contributed by atoms with Crippen LogP contribution in [0.3, 0.4) is 0 Å². The molecule has 4 heterocycles. The van der Waals surface area contributed by atoms with Gasteiger partial charge in [0.25, 0.3) is 5.56 Å². The van der Waals surface area contributed by atoms with Gasteiger partial charge in [-0.1, -0.05) is 13.8 Å². The van der Waals surface area contributed by atoms with E-state index in [-0.39, 0.29) is 23.5 Å². The number of aromatic amines is 1. The molecule has 156 valence electrons. The molecule has 29 heavy (non-hydrogen) atoms. The second-order valence-electron chi connectivity index (χ2n) is 8.20. The van der Waals surface area contributed by atoms with Gasteiger partial charge in [0.1, 0.15) is 11.2 Å². The van der Waals surface area contributed by atoms with Gasteiger partial charge < -0.3 is 19.9 Å². The Balaban J connectivity index is 1.85. The second kappa shape index (κ2) is 7.22. The molecule has 0 aromatic carbocycles. The predicted molar refractivity (Wildman–Crippen MR) is 114 cm³/mol. The molecule has 0 saturated carbocycles. The number of nitrogens with two attached hydrogens (primary N) is 1. The molecule has 3 aromatic heterocycles. The standard InChI is InChI=1S/C20H29N7O2/c1-11(2)12(3)27-10-14(18-17(20(27)28)19(21)23-22-18)15-8-16(25(4)24-15)26-7-6-13(9-26)29-5/h8,10-13H,6-7,9H2,1-5H3,(H3,21,22,23)/t12-,13-/m0/s1. The van der Waals surface area contributed by atoms with Gasteiger partial charge in [0.05, 0.1) is 17.3 Å². The Kier molecular flexibility index (Phi) is 4.85. The maximum Gasteiger partial charge on any atom is 0.264 e. The smallest absolute Gasteiger partial charge is 0.264 e. The van der Waals surface area contributed by atoms with Gasteiger partial charge in [-0.15, -0.1) is 0 Å². The normalized spacial score (nSPS) is 18.3. The Morgan fingerprint density at radius 1 is 1.34 bits per heavy atom. The third-order valence-electron chi connectivity index (χ3n) is 6.12. The van der Waals surface area contributed by atoms with Gasteiger partial charge in [0.15, 0.2) is 5.82 Å². The van der Waals surface area contributed by atoms with E-state index in [1.165, 1.54) is 0 Å². The topological polar surface area (TPSA) is 107 Å². The minimum absolute atomic E-state index is 0.0178. The highest BCUT2D eigenvalue weighted by Crippen LogP contribution is 2.32. The molecule has 0 amide bonds. The number of fused-ring (bicyclic) bond motifs is 1. The zero-order valence-electron chi connectivity index (χ0n) is 17.6. The second-order valence-corrected chi connectivity index (χ2v) is 8.20. The lowest BCUT2D eigenvalue weighted by atomic mass is 10.0. The van der Waals surface area contributed by atoms with Crippen molar-refractivity contribution in [2.24, 2.45) is 13.0 Å². The van der Waals surface area contributed by atoms with Crippen LogP contribution < -0.4 is 16.2 Å². The number of H-pyrrole nitrogens is 1. The molecular formula is C20H29N7O2. The van der Waals surface area contributed by atoms with E-state index in [0.29, 0.717) is 16.8 Å². The maximum atomic E-state index is 13.1. The first-order valence-corrected chi connectivity index (χ1v) is 10.0. The molecule has 1 aliphatic heterocycles. The highest BCUT2D eigenvalue weighted by molar-refractivity contribution is 5.97. The van der Waals surface area contributed by atoms with E-state index >= 15 is 0 Å². The van der Waals surface area contributed by atoms with Gasteiger partial charge in [-0.2, -0.15) is 10.2 Å². The largest absolute Gasteiger partial charge is 0.382 e. The van der Waals surface area contributed by atoms with Crippen molar-refractivity contribution in [1.82, 2.24) is 24.5 Å².